The van der Waals surface area contributed by atoms with Crippen LogP contribution >= 0.6 is 0 Å². The molecule has 1 aliphatic carbocycles. The molecule has 1 fully saturated rings. The standard InChI is InChI=1S/C49H57FN8O17/c1-5-49(72)25-12-30-40-23(15-57(30)46(70)24(25)18-74-48(49)71)38-27(7-6-22-21(4)26(50)13-28(54-40)37(22)38)53-33(61)14-52-44(68)29(19-73-47-43(67)42(66)41(65)31(17-59)75-47)55-45(69)39(20(2)3)56-32(60)10-11-51-34(62)16-58-35(63)8-9-36(58)64/h8-9,12-13,20,27,29,31,39,41-43,47,59,65-67,72H,5-7,10-11,14-19H2,1-4H3,(H,51,62)(H,52,68)(H,53,61)(H,55,69)(H,56,60)/t27?,29?,31-,39+,41-,42+,43-,47-,49+/m1/s1. The number of hydrogen-bond acceptors (Lipinski definition) is 18. The molecule has 1 aromatic carbocycles. The topological polar surface area (TPSA) is 364 Å². The van der Waals surface area contributed by atoms with Crippen LogP contribution < -0.4 is 32.1 Å². The summed E-state index contributed by atoms with van der Waals surface area (Å²) in [4.78, 5) is 123. The molecule has 10 N–H and O–H groups in total. The van der Waals surface area contributed by atoms with Crippen LogP contribution in [-0.2, 0) is 77.7 Å². The van der Waals surface area contributed by atoms with Gasteiger partial charge in [-0.25, -0.2) is 14.2 Å². The van der Waals surface area contributed by atoms with Gasteiger partial charge in [0.25, 0.3) is 17.4 Å². The Hall–Kier alpha value is -7.07. The van der Waals surface area contributed by atoms with Crippen molar-refractivity contribution in [1.29, 1.82) is 0 Å². The van der Waals surface area contributed by atoms with Gasteiger partial charge in [0.15, 0.2) is 11.9 Å². The molecular weight excluding hydrogens is 992 g/mol. The number of hydrogen-bond donors (Lipinski definition) is 10. The summed E-state index contributed by atoms with van der Waals surface area (Å²) in [6.45, 7) is 2.77. The largest absolute Gasteiger partial charge is 0.458 e. The molecule has 4 aliphatic heterocycles. The fourth-order valence-electron chi connectivity index (χ4n) is 9.96. The van der Waals surface area contributed by atoms with Crippen LogP contribution in [-0.4, -0.2) is 163 Å². The smallest absolute Gasteiger partial charge is 0.343 e. The number of rotatable bonds is 18. The first-order chi connectivity index (χ1) is 35.6. The van der Waals surface area contributed by atoms with Crippen molar-refractivity contribution in [1.82, 2.24) is 41.0 Å². The van der Waals surface area contributed by atoms with E-state index >= 15 is 4.39 Å². The number of nitrogens with zero attached hydrogens (tertiary/aromatic N) is 3. The van der Waals surface area contributed by atoms with Crippen LogP contribution in [0, 0.1) is 18.7 Å². The lowest BCUT2D eigenvalue weighted by molar-refractivity contribution is -0.301. The van der Waals surface area contributed by atoms with E-state index in [9.17, 15) is 68.7 Å². The fourth-order valence-corrected chi connectivity index (χ4v) is 9.96. The number of aliphatic hydroxyl groups is 5. The highest BCUT2D eigenvalue weighted by Crippen LogP contribution is 2.46. The lowest BCUT2D eigenvalue weighted by Gasteiger charge is -2.40. The molecule has 26 heteroatoms. The van der Waals surface area contributed by atoms with Crippen molar-refractivity contribution in [2.45, 2.75) is 121 Å². The third-order valence-electron chi connectivity index (χ3n) is 14.2. The maximum atomic E-state index is 15.5. The molecule has 9 atom stereocenters. The summed E-state index contributed by atoms with van der Waals surface area (Å²) in [5, 5.41) is 65.7. The summed E-state index contributed by atoms with van der Waals surface area (Å²) in [6.07, 6.45) is -6.57. The van der Waals surface area contributed by atoms with Crippen LogP contribution in [0.2, 0.25) is 0 Å². The zero-order chi connectivity index (χ0) is 54.4. The average molecular weight is 1050 g/mol. The number of amides is 7. The number of carbonyl (C=O) groups excluding carboxylic acids is 8. The number of fused-ring (bicyclic) bond motifs is 5. The highest BCUT2D eigenvalue weighted by atomic mass is 19.1. The highest BCUT2D eigenvalue weighted by Gasteiger charge is 2.47. The van der Waals surface area contributed by atoms with Crippen molar-refractivity contribution in [3.05, 3.63) is 73.8 Å². The summed E-state index contributed by atoms with van der Waals surface area (Å²) in [6, 6.07) is -1.07. The van der Waals surface area contributed by atoms with E-state index in [1.54, 1.807) is 27.7 Å². The van der Waals surface area contributed by atoms with E-state index in [0.29, 0.717) is 39.0 Å². The summed E-state index contributed by atoms with van der Waals surface area (Å²) < 4.78 is 33.2. The first-order valence-electron chi connectivity index (χ1n) is 24.3. The van der Waals surface area contributed by atoms with Crippen molar-refractivity contribution in [2.24, 2.45) is 5.92 Å². The van der Waals surface area contributed by atoms with Crippen molar-refractivity contribution < 1.29 is 82.5 Å². The molecule has 8 rings (SSSR count). The van der Waals surface area contributed by atoms with Gasteiger partial charge < -0.3 is 70.9 Å². The van der Waals surface area contributed by atoms with Crippen LogP contribution in [0.15, 0.2) is 29.1 Å². The van der Waals surface area contributed by atoms with Gasteiger partial charge in [-0.1, -0.05) is 20.8 Å². The molecule has 75 heavy (non-hydrogen) atoms. The van der Waals surface area contributed by atoms with Gasteiger partial charge in [-0.05, 0) is 54.9 Å². The summed E-state index contributed by atoms with van der Waals surface area (Å²) in [5.74, 6) is -7.56. The maximum Gasteiger partial charge on any atom is 0.343 e. The fraction of sp³-hybridized carbons (Fsp3) is 0.510. The zero-order valence-corrected chi connectivity index (χ0v) is 41.1. The molecule has 5 aliphatic rings. The molecule has 0 saturated carbocycles. The Labute approximate surface area is 425 Å². The van der Waals surface area contributed by atoms with E-state index in [0.717, 1.165) is 12.2 Å². The van der Waals surface area contributed by atoms with Gasteiger partial charge in [-0.3, -0.25) is 43.3 Å². The Morgan fingerprint density at radius 3 is 2.33 bits per heavy atom. The van der Waals surface area contributed by atoms with Gasteiger partial charge >= 0.3 is 5.97 Å². The SMILES string of the molecule is CC[C@@]1(O)C(=O)OCc2c1cc1n(c2=O)Cc2c-1nc1cc(F)c(C)c3c1c2C(NC(=O)CNC(=O)C(CO[C@@H]1O[C@H](CO)[C@@H](O)[C@H](O)[C@H]1O)NC(=O)[C@@H](NC(=O)CCNC(=O)CN1C(=O)C=CC1=O)C(C)C)CC3. The number of pyridine rings is 2. The molecular formula is C49H57FN8O17. The van der Waals surface area contributed by atoms with E-state index in [-0.39, 0.29) is 67.0 Å². The van der Waals surface area contributed by atoms with Gasteiger partial charge in [0, 0.05) is 47.7 Å². The lowest BCUT2D eigenvalue weighted by atomic mass is 9.81. The van der Waals surface area contributed by atoms with Crippen LogP contribution in [0.1, 0.15) is 79.5 Å². The van der Waals surface area contributed by atoms with Crippen molar-refractivity contribution >= 4 is 58.2 Å². The van der Waals surface area contributed by atoms with E-state index in [4.69, 9.17) is 19.2 Å². The maximum absolute atomic E-state index is 15.5. The second-order valence-electron chi connectivity index (χ2n) is 19.3. The Bertz CT molecular complexity index is 2960. The molecule has 0 spiro atoms. The predicted octanol–water partition coefficient (Wildman–Crippen LogP) is -3.38. The molecule has 1 saturated heterocycles. The first kappa shape index (κ1) is 54.2. The summed E-state index contributed by atoms with van der Waals surface area (Å²) >= 11 is 0. The molecule has 0 radical (unpaired) electrons. The number of aliphatic hydroxyl groups excluding tert-OH is 4. The number of benzene rings is 1. The zero-order valence-electron chi connectivity index (χ0n) is 41.1. The van der Waals surface area contributed by atoms with Crippen molar-refractivity contribution in [3.8, 4) is 11.4 Å². The minimum absolute atomic E-state index is 0.0416. The van der Waals surface area contributed by atoms with E-state index < -0.39 is 145 Å². The predicted molar refractivity (Wildman–Crippen MR) is 253 cm³/mol. The van der Waals surface area contributed by atoms with E-state index in [2.05, 4.69) is 26.6 Å². The van der Waals surface area contributed by atoms with Gasteiger partial charge in [0.1, 0.15) is 55.5 Å². The number of ether oxygens (including phenoxy) is 3. The number of carbonyl (C=O) groups is 8. The highest BCUT2D eigenvalue weighted by molar-refractivity contribution is 6.14. The van der Waals surface area contributed by atoms with Crippen LogP contribution in [0.3, 0.4) is 0 Å². The third-order valence-corrected chi connectivity index (χ3v) is 14.2. The summed E-state index contributed by atoms with van der Waals surface area (Å²) in [5.41, 5.74) is 0.305. The quantitative estimate of drug-likeness (QED) is 0.0343. The minimum atomic E-state index is -2.11. The minimum Gasteiger partial charge on any atom is -0.458 e. The molecule has 3 aromatic rings. The summed E-state index contributed by atoms with van der Waals surface area (Å²) in [7, 11) is 0. The van der Waals surface area contributed by atoms with Crippen molar-refractivity contribution in [3.63, 3.8) is 0 Å². The van der Waals surface area contributed by atoms with Crippen molar-refractivity contribution in [2.75, 3.05) is 32.8 Å². The molecule has 7 amide bonds. The molecule has 2 aromatic heterocycles. The number of aromatic nitrogens is 2. The Morgan fingerprint density at radius 1 is 0.933 bits per heavy atom. The third kappa shape index (κ3) is 10.4. The van der Waals surface area contributed by atoms with E-state index in [1.165, 1.54) is 16.7 Å². The van der Waals surface area contributed by atoms with E-state index in [1.807, 2.05) is 0 Å². The Balaban J connectivity index is 0.991. The number of esters is 1. The number of imide groups is 1. The van der Waals surface area contributed by atoms with Gasteiger partial charge in [0.2, 0.25) is 29.5 Å². The van der Waals surface area contributed by atoms with Gasteiger partial charge in [-0.15, -0.1) is 0 Å². The molecule has 402 valence electrons. The van der Waals surface area contributed by atoms with Crippen LogP contribution in [0.25, 0.3) is 22.3 Å². The number of halogens is 1. The number of cyclic esters (lactones) is 1. The second-order valence-corrected chi connectivity index (χ2v) is 19.3. The lowest BCUT2D eigenvalue weighted by Crippen LogP contribution is -2.61. The normalized spacial score (nSPS) is 24.3. The van der Waals surface area contributed by atoms with Gasteiger partial charge in [-0.2, -0.15) is 0 Å². The number of aryl methyl sites for hydroxylation is 1. The molecule has 2 unspecified atom stereocenters. The van der Waals surface area contributed by atoms with Gasteiger partial charge in [0.05, 0.1) is 54.8 Å². The van der Waals surface area contributed by atoms with Crippen LogP contribution in [0.5, 0.6) is 0 Å². The molecule has 6 heterocycles. The second kappa shape index (κ2) is 21.6. The molecule has 25 nitrogen and oxygen atoms in total. The Morgan fingerprint density at radius 2 is 1.65 bits per heavy atom. The molecule has 0 bridgehead atoms. The first-order valence-corrected chi connectivity index (χ1v) is 24.3. The Kier molecular flexibility index (Phi) is 15.6. The monoisotopic (exact) mass is 1050 g/mol. The van der Waals surface area contributed by atoms with Crippen LogP contribution in [0.4, 0.5) is 4.39 Å². The number of nitrogens with one attached hydrogen (secondary N) is 5. The average Bonchev–Trinajstić information content (AvgIpc) is 3.91.